The summed E-state index contributed by atoms with van der Waals surface area (Å²) in [6, 6.07) is 4.77. The Morgan fingerprint density at radius 3 is 2.26 bits per heavy atom. The standard InChI is InChI=1S/C24H38N4O5S/c1-19-8-9-20(34(31,32)28-11-6-5-7-12-28)18-21(19)22(29)25-10-13-26-14-16-27(17-15-26)23(30)33-24(2,3)4/h8-9,18H,5-7,10-17H2,1-4H3,(H,25,29). The van der Waals surface area contributed by atoms with Crippen LogP contribution in [0.5, 0.6) is 0 Å². The summed E-state index contributed by atoms with van der Waals surface area (Å²) in [6.45, 7) is 12.1. The Labute approximate surface area is 203 Å². The number of nitrogens with zero attached hydrogens (tertiary/aromatic N) is 3. The van der Waals surface area contributed by atoms with Gasteiger partial charge in [0.15, 0.2) is 0 Å². The van der Waals surface area contributed by atoms with Crippen LogP contribution in [0.4, 0.5) is 4.79 Å². The maximum absolute atomic E-state index is 13.0. The number of amides is 2. The van der Waals surface area contributed by atoms with Crippen molar-refractivity contribution in [3.63, 3.8) is 0 Å². The summed E-state index contributed by atoms with van der Waals surface area (Å²) in [7, 11) is -3.59. The van der Waals surface area contributed by atoms with E-state index in [0.29, 0.717) is 57.9 Å². The van der Waals surface area contributed by atoms with Crippen molar-refractivity contribution < 1.29 is 22.7 Å². The summed E-state index contributed by atoms with van der Waals surface area (Å²) < 4.78 is 32.9. The zero-order valence-corrected chi connectivity index (χ0v) is 21.6. The SMILES string of the molecule is Cc1ccc(S(=O)(=O)N2CCCCC2)cc1C(=O)NCCN1CCN(C(=O)OC(C)(C)C)CC1. The van der Waals surface area contributed by atoms with Crippen LogP contribution < -0.4 is 5.32 Å². The average molecular weight is 495 g/mol. The molecule has 0 aliphatic carbocycles. The van der Waals surface area contributed by atoms with E-state index in [-0.39, 0.29) is 16.9 Å². The Hall–Kier alpha value is -2.17. The second-order valence-electron chi connectivity index (χ2n) is 10.0. The van der Waals surface area contributed by atoms with E-state index in [1.54, 1.807) is 17.0 Å². The number of hydrogen-bond acceptors (Lipinski definition) is 6. The Morgan fingerprint density at radius 1 is 1.00 bits per heavy atom. The number of carbonyl (C=O) groups excluding carboxylic acids is 2. The largest absolute Gasteiger partial charge is 0.444 e. The van der Waals surface area contributed by atoms with E-state index >= 15 is 0 Å². The fraction of sp³-hybridized carbons (Fsp3) is 0.667. The van der Waals surface area contributed by atoms with Crippen molar-refractivity contribution in [2.75, 3.05) is 52.4 Å². The number of piperazine rings is 1. The molecule has 0 bridgehead atoms. The fourth-order valence-corrected chi connectivity index (χ4v) is 5.71. The molecule has 0 aromatic heterocycles. The highest BCUT2D eigenvalue weighted by molar-refractivity contribution is 7.89. The third-order valence-corrected chi connectivity index (χ3v) is 8.04. The normalized spacial score (nSPS) is 18.5. The Balaban J connectivity index is 1.51. The molecule has 2 fully saturated rings. The first-order chi connectivity index (χ1) is 16.0. The van der Waals surface area contributed by atoms with Crippen LogP contribution in [0.2, 0.25) is 0 Å². The highest BCUT2D eigenvalue weighted by atomic mass is 32.2. The first-order valence-corrected chi connectivity index (χ1v) is 13.5. The lowest BCUT2D eigenvalue weighted by Gasteiger charge is -2.35. The Bertz CT molecular complexity index is 976. The number of sulfonamides is 1. The van der Waals surface area contributed by atoms with Crippen LogP contribution >= 0.6 is 0 Å². The van der Waals surface area contributed by atoms with Gasteiger partial charge in [0.05, 0.1) is 4.90 Å². The van der Waals surface area contributed by atoms with Gasteiger partial charge in [0.2, 0.25) is 10.0 Å². The Kier molecular flexibility index (Phi) is 8.59. The summed E-state index contributed by atoms with van der Waals surface area (Å²) >= 11 is 0. The smallest absolute Gasteiger partial charge is 0.410 e. The number of benzene rings is 1. The minimum absolute atomic E-state index is 0.170. The predicted octanol–water partition coefficient (Wildman–Crippen LogP) is 2.45. The minimum atomic E-state index is -3.59. The second-order valence-corrected chi connectivity index (χ2v) is 11.9. The summed E-state index contributed by atoms with van der Waals surface area (Å²) in [6.07, 6.45) is 2.48. The van der Waals surface area contributed by atoms with Crippen LogP contribution in [0, 0.1) is 6.92 Å². The first-order valence-electron chi connectivity index (χ1n) is 12.1. The number of ether oxygens (including phenoxy) is 1. The molecule has 1 aromatic carbocycles. The van der Waals surface area contributed by atoms with Crippen LogP contribution in [0.3, 0.4) is 0 Å². The summed E-state index contributed by atoms with van der Waals surface area (Å²) in [5, 5.41) is 2.92. The topological polar surface area (TPSA) is 99.3 Å². The molecule has 34 heavy (non-hydrogen) atoms. The van der Waals surface area contributed by atoms with E-state index < -0.39 is 15.6 Å². The van der Waals surface area contributed by atoms with Gasteiger partial charge < -0.3 is 15.0 Å². The number of piperidine rings is 1. The molecule has 0 saturated carbocycles. The molecule has 3 rings (SSSR count). The van der Waals surface area contributed by atoms with Gasteiger partial charge in [0.25, 0.3) is 5.91 Å². The van der Waals surface area contributed by atoms with Gasteiger partial charge >= 0.3 is 6.09 Å². The molecule has 10 heteroatoms. The van der Waals surface area contributed by atoms with E-state index in [9.17, 15) is 18.0 Å². The van der Waals surface area contributed by atoms with Gasteiger partial charge in [-0.05, 0) is 58.2 Å². The Morgan fingerprint density at radius 2 is 1.65 bits per heavy atom. The number of carbonyl (C=O) groups is 2. The highest BCUT2D eigenvalue weighted by Gasteiger charge is 2.28. The quantitative estimate of drug-likeness (QED) is 0.652. The molecule has 2 amide bonds. The van der Waals surface area contributed by atoms with E-state index in [1.807, 2.05) is 27.7 Å². The molecule has 0 unspecified atom stereocenters. The molecule has 0 spiro atoms. The van der Waals surface area contributed by atoms with Crippen molar-refractivity contribution in [1.29, 1.82) is 0 Å². The van der Waals surface area contributed by atoms with Gasteiger partial charge in [-0.3, -0.25) is 9.69 Å². The molecule has 9 nitrogen and oxygen atoms in total. The average Bonchev–Trinajstić information content (AvgIpc) is 2.79. The monoisotopic (exact) mass is 494 g/mol. The maximum atomic E-state index is 13.0. The zero-order chi connectivity index (χ0) is 24.9. The van der Waals surface area contributed by atoms with Crippen molar-refractivity contribution in [2.45, 2.75) is 57.5 Å². The van der Waals surface area contributed by atoms with E-state index in [0.717, 1.165) is 24.8 Å². The van der Waals surface area contributed by atoms with E-state index in [2.05, 4.69) is 10.2 Å². The molecular formula is C24H38N4O5S. The van der Waals surface area contributed by atoms with Gasteiger partial charge in [0, 0.05) is 57.9 Å². The summed E-state index contributed by atoms with van der Waals surface area (Å²) in [4.78, 5) is 29.1. The maximum Gasteiger partial charge on any atom is 0.410 e. The third kappa shape index (κ3) is 6.93. The van der Waals surface area contributed by atoms with Gasteiger partial charge in [-0.25, -0.2) is 13.2 Å². The van der Waals surface area contributed by atoms with Gasteiger partial charge in [-0.2, -0.15) is 4.31 Å². The number of aryl methyl sites for hydroxylation is 1. The van der Waals surface area contributed by atoms with Crippen LogP contribution in [-0.2, 0) is 14.8 Å². The number of hydrogen-bond donors (Lipinski definition) is 1. The van der Waals surface area contributed by atoms with Crippen molar-refractivity contribution >= 4 is 22.0 Å². The summed E-state index contributed by atoms with van der Waals surface area (Å²) in [5.41, 5.74) is 0.606. The third-order valence-electron chi connectivity index (χ3n) is 6.14. The summed E-state index contributed by atoms with van der Waals surface area (Å²) in [5.74, 6) is -0.277. The van der Waals surface area contributed by atoms with Gasteiger partial charge in [0.1, 0.15) is 5.60 Å². The zero-order valence-electron chi connectivity index (χ0n) is 20.8. The first kappa shape index (κ1) is 26.4. The van der Waals surface area contributed by atoms with Gasteiger partial charge in [-0.15, -0.1) is 0 Å². The lowest BCUT2D eigenvalue weighted by atomic mass is 10.1. The second kappa shape index (κ2) is 11.0. The molecular weight excluding hydrogens is 456 g/mol. The highest BCUT2D eigenvalue weighted by Crippen LogP contribution is 2.23. The molecule has 2 heterocycles. The molecule has 190 valence electrons. The molecule has 0 radical (unpaired) electrons. The van der Waals surface area contributed by atoms with Crippen molar-refractivity contribution in [2.24, 2.45) is 0 Å². The molecule has 2 aliphatic rings. The predicted molar refractivity (Wildman–Crippen MR) is 130 cm³/mol. The van der Waals surface area contributed by atoms with E-state index in [4.69, 9.17) is 4.74 Å². The van der Waals surface area contributed by atoms with Crippen LogP contribution in [-0.4, -0.2) is 92.5 Å². The lowest BCUT2D eigenvalue weighted by Crippen LogP contribution is -2.51. The van der Waals surface area contributed by atoms with Crippen molar-refractivity contribution in [3.05, 3.63) is 29.3 Å². The number of rotatable bonds is 6. The molecule has 2 saturated heterocycles. The van der Waals surface area contributed by atoms with Crippen molar-refractivity contribution in [3.8, 4) is 0 Å². The molecule has 1 aromatic rings. The molecule has 1 N–H and O–H groups in total. The van der Waals surface area contributed by atoms with Crippen LogP contribution in [0.15, 0.2) is 23.1 Å². The minimum Gasteiger partial charge on any atom is -0.444 e. The van der Waals surface area contributed by atoms with Crippen LogP contribution in [0.1, 0.15) is 56.0 Å². The van der Waals surface area contributed by atoms with E-state index in [1.165, 1.54) is 10.4 Å². The number of nitrogens with one attached hydrogen (secondary N) is 1. The lowest BCUT2D eigenvalue weighted by molar-refractivity contribution is 0.0147. The fourth-order valence-electron chi connectivity index (χ4n) is 4.16. The molecule has 2 aliphatic heterocycles. The van der Waals surface area contributed by atoms with Crippen LogP contribution in [0.25, 0.3) is 0 Å². The van der Waals surface area contributed by atoms with Gasteiger partial charge in [-0.1, -0.05) is 12.5 Å². The van der Waals surface area contributed by atoms with Crippen molar-refractivity contribution in [1.82, 2.24) is 19.4 Å². The molecule has 0 atom stereocenters.